The molecule has 0 amide bonds. The van der Waals surface area contributed by atoms with Gasteiger partial charge in [0.1, 0.15) is 5.65 Å². The molecule has 0 bridgehead atoms. The van der Waals surface area contributed by atoms with Gasteiger partial charge in [-0.1, -0.05) is 18.1 Å². The van der Waals surface area contributed by atoms with Crippen molar-refractivity contribution in [3.63, 3.8) is 0 Å². The molecule has 1 aliphatic heterocycles. The number of H-pyrrole nitrogens is 1. The summed E-state index contributed by atoms with van der Waals surface area (Å²) in [5, 5.41) is 7.79. The van der Waals surface area contributed by atoms with Crippen LogP contribution < -0.4 is 5.32 Å². The van der Waals surface area contributed by atoms with Crippen LogP contribution in [0.15, 0.2) is 42.9 Å². The smallest absolute Gasteiger partial charge is 0.167 e. The largest absolute Gasteiger partial charge is 0.346 e. The van der Waals surface area contributed by atoms with Gasteiger partial charge < -0.3 is 10.3 Å². The van der Waals surface area contributed by atoms with Gasteiger partial charge in [0.2, 0.25) is 0 Å². The first kappa shape index (κ1) is 15.6. The Morgan fingerprint density at radius 1 is 1.04 bits per heavy atom. The maximum absolute atomic E-state index is 4.52. The average Bonchev–Trinajstić information content (AvgIpc) is 3.36. The van der Waals surface area contributed by atoms with E-state index in [-0.39, 0.29) is 0 Å². The van der Waals surface area contributed by atoms with Gasteiger partial charge in [-0.25, -0.2) is 9.97 Å². The standard InChI is InChI=1S/C21H18N4S/c1(14-5-8-22-9-6-14)4-20-24-13-19(26-20)15-2-3-16-12-25-21-17(7-10-23-21)18(16)11-15/h2-3,7,10-14,22H,5-6,8-9H2,(H,23,25). The summed E-state index contributed by atoms with van der Waals surface area (Å²) in [5.41, 5.74) is 2.10. The highest BCUT2D eigenvalue weighted by atomic mass is 32.1. The minimum Gasteiger partial charge on any atom is -0.346 e. The van der Waals surface area contributed by atoms with E-state index in [1.807, 2.05) is 18.6 Å². The Labute approximate surface area is 155 Å². The predicted molar refractivity (Wildman–Crippen MR) is 107 cm³/mol. The highest BCUT2D eigenvalue weighted by Gasteiger charge is 2.10. The van der Waals surface area contributed by atoms with Gasteiger partial charge in [-0.2, -0.15) is 0 Å². The minimum atomic E-state index is 0.499. The molecule has 1 saturated heterocycles. The third-order valence-corrected chi connectivity index (χ3v) is 5.88. The van der Waals surface area contributed by atoms with E-state index < -0.39 is 0 Å². The molecule has 1 aromatic carbocycles. The van der Waals surface area contributed by atoms with Crippen LogP contribution >= 0.6 is 11.3 Å². The summed E-state index contributed by atoms with van der Waals surface area (Å²) >= 11 is 1.67. The number of benzene rings is 1. The second-order valence-electron chi connectivity index (χ2n) is 6.62. The first-order valence-corrected chi connectivity index (χ1v) is 9.73. The van der Waals surface area contributed by atoms with Gasteiger partial charge >= 0.3 is 0 Å². The van der Waals surface area contributed by atoms with Crippen LogP contribution in [-0.2, 0) is 0 Å². The fourth-order valence-corrected chi connectivity index (χ4v) is 4.24. The number of aromatic amines is 1. The summed E-state index contributed by atoms with van der Waals surface area (Å²) < 4.78 is 0. The third-order valence-electron chi connectivity index (χ3n) is 4.91. The van der Waals surface area contributed by atoms with Crippen LogP contribution in [0.3, 0.4) is 0 Å². The van der Waals surface area contributed by atoms with Crippen LogP contribution in [0.25, 0.3) is 32.2 Å². The van der Waals surface area contributed by atoms with Gasteiger partial charge in [-0.15, -0.1) is 11.3 Å². The van der Waals surface area contributed by atoms with Gasteiger partial charge in [-0.05, 0) is 54.9 Å². The molecule has 0 unspecified atom stereocenters. The van der Waals surface area contributed by atoms with Crippen molar-refractivity contribution in [1.82, 2.24) is 20.3 Å². The quantitative estimate of drug-likeness (QED) is 0.502. The topological polar surface area (TPSA) is 53.6 Å². The van der Waals surface area contributed by atoms with Crippen LogP contribution in [-0.4, -0.2) is 28.0 Å². The van der Waals surface area contributed by atoms with Crippen molar-refractivity contribution in [2.75, 3.05) is 13.1 Å². The Morgan fingerprint density at radius 2 is 1.96 bits per heavy atom. The number of aromatic nitrogens is 3. The molecular weight excluding hydrogens is 340 g/mol. The molecule has 3 aromatic heterocycles. The van der Waals surface area contributed by atoms with Crippen molar-refractivity contribution in [3.05, 3.63) is 47.9 Å². The van der Waals surface area contributed by atoms with Crippen LogP contribution in [0, 0.1) is 17.8 Å². The second-order valence-corrected chi connectivity index (χ2v) is 7.65. The summed E-state index contributed by atoms with van der Waals surface area (Å²) in [7, 11) is 0. The van der Waals surface area contributed by atoms with Gasteiger partial charge in [0.15, 0.2) is 5.01 Å². The zero-order chi connectivity index (χ0) is 17.3. The Hall–Kier alpha value is -2.68. The molecule has 0 spiro atoms. The number of fused-ring (bicyclic) bond motifs is 3. The zero-order valence-electron chi connectivity index (χ0n) is 14.2. The van der Waals surface area contributed by atoms with Crippen molar-refractivity contribution < 1.29 is 0 Å². The van der Waals surface area contributed by atoms with Crippen molar-refractivity contribution in [3.8, 4) is 22.3 Å². The molecule has 4 nitrogen and oxygen atoms in total. The van der Waals surface area contributed by atoms with Gasteiger partial charge in [0.25, 0.3) is 0 Å². The fraction of sp³-hybridized carbons (Fsp3) is 0.238. The van der Waals surface area contributed by atoms with E-state index in [1.54, 1.807) is 11.3 Å². The molecule has 128 valence electrons. The number of rotatable bonds is 1. The van der Waals surface area contributed by atoms with Crippen LogP contribution in [0.4, 0.5) is 0 Å². The molecule has 4 heterocycles. The van der Waals surface area contributed by atoms with Crippen LogP contribution in [0.2, 0.25) is 0 Å². The van der Waals surface area contributed by atoms with E-state index >= 15 is 0 Å². The maximum Gasteiger partial charge on any atom is 0.167 e. The molecule has 0 aliphatic carbocycles. The fourth-order valence-electron chi connectivity index (χ4n) is 3.47. The molecule has 5 heteroatoms. The highest BCUT2D eigenvalue weighted by molar-refractivity contribution is 7.15. The second kappa shape index (κ2) is 6.56. The molecule has 2 N–H and O–H groups in total. The Kier molecular flexibility index (Phi) is 3.93. The third kappa shape index (κ3) is 2.88. The van der Waals surface area contributed by atoms with E-state index in [1.165, 1.54) is 10.9 Å². The van der Waals surface area contributed by atoms with Crippen molar-refractivity contribution in [2.45, 2.75) is 12.8 Å². The van der Waals surface area contributed by atoms with E-state index in [2.05, 4.69) is 56.4 Å². The maximum atomic E-state index is 4.52. The van der Waals surface area contributed by atoms with Crippen LogP contribution in [0.1, 0.15) is 17.8 Å². The van der Waals surface area contributed by atoms with Crippen molar-refractivity contribution in [1.29, 1.82) is 0 Å². The minimum absolute atomic E-state index is 0.499. The predicted octanol–water partition coefficient (Wildman–Crippen LogP) is 4.19. The lowest BCUT2D eigenvalue weighted by atomic mass is 9.99. The molecule has 5 rings (SSSR count). The lowest BCUT2D eigenvalue weighted by molar-refractivity contribution is 0.447. The van der Waals surface area contributed by atoms with E-state index in [0.717, 1.165) is 52.2 Å². The number of hydrogen-bond acceptors (Lipinski definition) is 4. The first-order chi connectivity index (χ1) is 12.9. The molecule has 0 saturated carbocycles. The Bertz CT molecular complexity index is 1140. The van der Waals surface area contributed by atoms with Gasteiger partial charge in [-0.3, -0.25) is 0 Å². The molecule has 0 radical (unpaired) electrons. The number of thiazole rings is 1. The highest BCUT2D eigenvalue weighted by Crippen LogP contribution is 2.31. The molecule has 4 aromatic rings. The molecule has 1 fully saturated rings. The van der Waals surface area contributed by atoms with Gasteiger partial charge in [0, 0.05) is 35.3 Å². The van der Waals surface area contributed by atoms with Crippen molar-refractivity contribution >= 4 is 33.1 Å². The SMILES string of the molecule is C(#CC1CCNCC1)c1ncc(-c2ccc3cnc4[nH]ccc4c3c2)s1. The lowest BCUT2D eigenvalue weighted by Crippen LogP contribution is -2.26. The van der Waals surface area contributed by atoms with E-state index in [9.17, 15) is 0 Å². The lowest BCUT2D eigenvalue weighted by Gasteiger charge is -2.16. The summed E-state index contributed by atoms with van der Waals surface area (Å²) in [4.78, 5) is 13.3. The van der Waals surface area contributed by atoms with E-state index in [4.69, 9.17) is 0 Å². The van der Waals surface area contributed by atoms with E-state index in [0.29, 0.717) is 5.92 Å². The number of hydrogen-bond donors (Lipinski definition) is 2. The summed E-state index contributed by atoms with van der Waals surface area (Å²) in [6, 6.07) is 8.58. The molecule has 0 atom stereocenters. The average molecular weight is 358 g/mol. The molecule has 1 aliphatic rings. The first-order valence-electron chi connectivity index (χ1n) is 8.91. The normalized spacial score (nSPS) is 15.2. The number of piperidine rings is 1. The van der Waals surface area contributed by atoms with Crippen molar-refractivity contribution in [2.24, 2.45) is 5.92 Å². The number of pyridine rings is 1. The number of nitrogens with zero attached hydrogens (tertiary/aromatic N) is 2. The number of nitrogens with one attached hydrogen (secondary N) is 2. The zero-order valence-corrected chi connectivity index (χ0v) is 15.1. The summed E-state index contributed by atoms with van der Waals surface area (Å²) in [6.07, 6.45) is 8.06. The molecule has 26 heavy (non-hydrogen) atoms. The Balaban J connectivity index is 1.48. The monoisotopic (exact) mass is 358 g/mol. The summed E-state index contributed by atoms with van der Waals surface area (Å²) in [5.74, 6) is 7.18. The van der Waals surface area contributed by atoms with Crippen LogP contribution in [0.5, 0.6) is 0 Å². The Morgan fingerprint density at radius 3 is 2.88 bits per heavy atom. The summed E-state index contributed by atoms with van der Waals surface area (Å²) in [6.45, 7) is 2.14. The van der Waals surface area contributed by atoms with Gasteiger partial charge in [0.05, 0.1) is 4.88 Å². The molecular formula is C21H18N4S.